The summed E-state index contributed by atoms with van der Waals surface area (Å²) in [5.74, 6) is -1.58. The molecule has 0 atom stereocenters. The summed E-state index contributed by atoms with van der Waals surface area (Å²) in [5, 5.41) is 7.42. The van der Waals surface area contributed by atoms with Crippen molar-refractivity contribution in [2.45, 2.75) is 25.7 Å². The number of imidazole rings is 1. The lowest BCUT2D eigenvalue weighted by Gasteiger charge is -2.37. The van der Waals surface area contributed by atoms with E-state index in [-0.39, 0.29) is 0 Å². The summed E-state index contributed by atoms with van der Waals surface area (Å²) in [4.78, 5) is 13.1. The van der Waals surface area contributed by atoms with Crippen LogP contribution in [0.1, 0.15) is 18.9 Å². The van der Waals surface area contributed by atoms with Gasteiger partial charge >= 0.3 is 0 Å². The Hall–Kier alpha value is -2.96. The molecule has 1 aromatic heterocycles. The van der Waals surface area contributed by atoms with E-state index in [1.54, 1.807) is 12.5 Å². The van der Waals surface area contributed by atoms with Gasteiger partial charge in [-0.15, -0.1) is 0 Å². The molecule has 4 rings (SSSR count). The molecule has 0 spiro atoms. The van der Waals surface area contributed by atoms with Crippen molar-refractivity contribution >= 4 is 5.97 Å². The highest BCUT2D eigenvalue weighted by molar-refractivity contribution is 5.63. The normalized spacial score (nSPS) is 15.3. The molecule has 0 aliphatic carbocycles. The fraction of sp³-hybridized carbons (Fsp3) is 0.273. The van der Waals surface area contributed by atoms with Gasteiger partial charge in [0, 0.05) is 24.9 Å². The SMILES string of the molecule is CC(=O)O.c1ccc(-c2ccc(C3(Cn4ccnc4)OCCCO3)cc2)cc1. The predicted octanol–water partition coefficient (Wildman–Crippen LogP) is 3.93. The van der Waals surface area contributed by atoms with Gasteiger partial charge in [-0.3, -0.25) is 4.79 Å². The first-order chi connectivity index (χ1) is 13.6. The van der Waals surface area contributed by atoms with Crippen LogP contribution in [0.2, 0.25) is 0 Å². The molecular weight excluding hydrogens is 356 g/mol. The lowest BCUT2D eigenvalue weighted by Crippen LogP contribution is -2.41. The first-order valence-corrected chi connectivity index (χ1v) is 9.18. The summed E-state index contributed by atoms with van der Waals surface area (Å²) < 4.78 is 14.2. The van der Waals surface area contributed by atoms with Gasteiger partial charge in [0.15, 0.2) is 0 Å². The highest BCUT2D eigenvalue weighted by Crippen LogP contribution is 2.34. The van der Waals surface area contributed by atoms with Gasteiger partial charge in [-0.1, -0.05) is 54.6 Å². The number of hydrogen-bond donors (Lipinski definition) is 1. The maximum Gasteiger partial charge on any atom is 0.300 e. The lowest BCUT2D eigenvalue weighted by atomic mass is 9.99. The van der Waals surface area contributed by atoms with E-state index in [4.69, 9.17) is 19.4 Å². The van der Waals surface area contributed by atoms with Crippen molar-refractivity contribution in [2.24, 2.45) is 0 Å². The van der Waals surface area contributed by atoms with Gasteiger partial charge in [0.1, 0.15) is 0 Å². The summed E-state index contributed by atoms with van der Waals surface area (Å²) in [6, 6.07) is 18.8. The third-order valence-corrected chi connectivity index (χ3v) is 4.34. The zero-order valence-electron chi connectivity index (χ0n) is 15.8. The number of carboxylic acid groups (broad SMARTS) is 1. The van der Waals surface area contributed by atoms with Crippen LogP contribution in [0, 0.1) is 0 Å². The van der Waals surface area contributed by atoms with Gasteiger partial charge < -0.3 is 19.1 Å². The second-order valence-corrected chi connectivity index (χ2v) is 6.50. The van der Waals surface area contributed by atoms with Crippen LogP contribution in [-0.2, 0) is 26.6 Å². The van der Waals surface area contributed by atoms with Crippen LogP contribution in [-0.4, -0.2) is 33.8 Å². The molecule has 146 valence electrons. The molecule has 1 aliphatic rings. The molecule has 3 aromatic rings. The molecule has 0 unspecified atom stereocenters. The number of carboxylic acids is 1. The Labute approximate surface area is 164 Å². The Bertz CT molecular complexity index is 851. The van der Waals surface area contributed by atoms with Crippen molar-refractivity contribution in [3.63, 3.8) is 0 Å². The molecule has 2 heterocycles. The van der Waals surface area contributed by atoms with E-state index >= 15 is 0 Å². The molecule has 1 aliphatic heterocycles. The molecule has 0 bridgehead atoms. The maximum atomic E-state index is 9.00. The topological polar surface area (TPSA) is 73.6 Å². The van der Waals surface area contributed by atoms with Crippen LogP contribution in [0.25, 0.3) is 11.1 Å². The van der Waals surface area contributed by atoms with Crippen LogP contribution in [0.15, 0.2) is 73.3 Å². The highest BCUT2D eigenvalue weighted by atomic mass is 16.7. The van der Waals surface area contributed by atoms with Crippen molar-refractivity contribution in [3.8, 4) is 11.1 Å². The summed E-state index contributed by atoms with van der Waals surface area (Å²) in [6.45, 7) is 3.09. The van der Waals surface area contributed by atoms with E-state index in [9.17, 15) is 0 Å². The Kier molecular flexibility index (Phi) is 6.57. The molecule has 1 saturated heterocycles. The van der Waals surface area contributed by atoms with Gasteiger partial charge in [-0.25, -0.2) is 4.98 Å². The summed E-state index contributed by atoms with van der Waals surface area (Å²) >= 11 is 0. The van der Waals surface area contributed by atoms with E-state index < -0.39 is 11.8 Å². The van der Waals surface area contributed by atoms with Gasteiger partial charge in [0.25, 0.3) is 5.97 Å². The van der Waals surface area contributed by atoms with Crippen LogP contribution >= 0.6 is 0 Å². The van der Waals surface area contributed by atoms with Gasteiger partial charge in [-0.05, 0) is 17.5 Å². The Morgan fingerprint density at radius 1 is 1.07 bits per heavy atom. The van der Waals surface area contributed by atoms with Crippen molar-refractivity contribution in [1.82, 2.24) is 9.55 Å². The average molecular weight is 380 g/mol. The predicted molar refractivity (Wildman–Crippen MR) is 106 cm³/mol. The Morgan fingerprint density at radius 3 is 2.25 bits per heavy atom. The fourth-order valence-electron chi connectivity index (χ4n) is 3.09. The lowest BCUT2D eigenvalue weighted by molar-refractivity contribution is -0.283. The van der Waals surface area contributed by atoms with Crippen LogP contribution in [0.4, 0.5) is 0 Å². The molecule has 0 saturated carbocycles. The molecule has 1 N–H and O–H groups in total. The van der Waals surface area contributed by atoms with E-state index in [0.717, 1.165) is 18.9 Å². The van der Waals surface area contributed by atoms with Crippen LogP contribution in [0.5, 0.6) is 0 Å². The largest absolute Gasteiger partial charge is 0.481 e. The molecule has 1 fully saturated rings. The number of benzene rings is 2. The van der Waals surface area contributed by atoms with Gasteiger partial charge in [-0.2, -0.15) is 0 Å². The Morgan fingerprint density at radius 2 is 1.68 bits per heavy atom. The summed E-state index contributed by atoms with van der Waals surface area (Å²) in [6.07, 6.45) is 6.42. The number of nitrogens with zero attached hydrogens (tertiary/aromatic N) is 2. The average Bonchev–Trinajstić information content (AvgIpc) is 3.22. The van der Waals surface area contributed by atoms with Gasteiger partial charge in [0.2, 0.25) is 5.79 Å². The molecular formula is C22H24N2O4. The first kappa shape index (κ1) is 19.8. The van der Waals surface area contributed by atoms with Crippen molar-refractivity contribution in [1.29, 1.82) is 0 Å². The van der Waals surface area contributed by atoms with Gasteiger partial charge in [0.05, 0.1) is 26.1 Å². The molecule has 6 nitrogen and oxygen atoms in total. The molecule has 6 heteroatoms. The molecule has 2 aromatic carbocycles. The summed E-state index contributed by atoms with van der Waals surface area (Å²) in [7, 11) is 0. The Balaban J connectivity index is 0.000000516. The minimum Gasteiger partial charge on any atom is -0.481 e. The third kappa shape index (κ3) is 5.06. The maximum absolute atomic E-state index is 9.00. The van der Waals surface area contributed by atoms with Crippen molar-refractivity contribution in [2.75, 3.05) is 13.2 Å². The highest BCUT2D eigenvalue weighted by Gasteiger charge is 2.37. The smallest absolute Gasteiger partial charge is 0.300 e. The van der Waals surface area contributed by atoms with E-state index in [0.29, 0.717) is 19.8 Å². The quantitative estimate of drug-likeness (QED) is 0.742. The van der Waals surface area contributed by atoms with Crippen LogP contribution in [0.3, 0.4) is 0 Å². The number of rotatable bonds is 4. The first-order valence-electron chi connectivity index (χ1n) is 9.18. The van der Waals surface area contributed by atoms with Crippen LogP contribution < -0.4 is 0 Å². The minimum atomic E-state index is -0.833. The number of hydrogen-bond acceptors (Lipinski definition) is 4. The third-order valence-electron chi connectivity index (χ3n) is 4.34. The zero-order valence-corrected chi connectivity index (χ0v) is 15.8. The van der Waals surface area contributed by atoms with Crippen molar-refractivity contribution < 1.29 is 19.4 Å². The molecule has 28 heavy (non-hydrogen) atoms. The fourth-order valence-corrected chi connectivity index (χ4v) is 3.09. The van der Waals surface area contributed by atoms with Crippen molar-refractivity contribution in [3.05, 3.63) is 78.9 Å². The monoisotopic (exact) mass is 380 g/mol. The minimum absolute atomic E-state index is 0.595. The summed E-state index contributed by atoms with van der Waals surface area (Å²) in [5.41, 5.74) is 3.43. The zero-order chi connectivity index (χ0) is 19.8. The number of aromatic nitrogens is 2. The molecule has 0 radical (unpaired) electrons. The van der Waals surface area contributed by atoms with E-state index in [1.807, 2.05) is 16.8 Å². The standard InChI is InChI=1S/C20H20N2O2.C2H4O2/c1-2-5-17(6-3-1)18-7-9-19(10-8-18)20(23-13-4-14-24-20)15-22-12-11-21-16-22;1-2(3)4/h1-3,5-12,16H,4,13-15H2;1H3,(H,3,4). The number of aliphatic carboxylic acids is 1. The van der Waals surface area contributed by atoms with E-state index in [2.05, 4.69) is 53.5 Å². The second kappa shape index (κ2) is 9.30. The number of carbonyl (C=O) groups is 1. The second-order valence-electron chi connectivity index (χ2n) is 6.50. The van der Waals surface area contributed by atoms with E-state index in [1.165, 1.54) is 11.1 Å². The number of ether oxygens (including phenoxy) is 2. The molecule has 0 amide bonds.